The van der Waals surface area contributed by atoms with Gasteiger partial charge in [0.15, 0.2) is 11.5 Å². The molecule has 0 radical (unpaired) electrons. The van der Waals surface area contributed by atoms with Crippen molar-refractivity contribution in [1.82, 2.24) is 0 Å². The van der Waals surface area contributed by atoms with Gasteiger partial charge in [0.2, 0.25) is 0 Å². The van der Waals surface area contributed by atoms with Crippen LogP contribution >= 0.6 is 22.6 Å². The summed E-state index contributed by atoms with van der Waals surface area (Å²) in [7, 11) is 0. The van der Waals surface area contributed by atoms with Crippen LogP contribution in [0.5, 0.6) is 11.5 Å². The fourth-order valence-corrected chi connectivity index (χ4v) is 2.44. The van der Waals surface area contributed by atoms with Gasteiger partial charge in [-0.25, -0.2) is 0 Å². The molecule has 20 heavy (non-hydrogen) atoms. The Labute approximate surface area is 132 Å². The lowest BCUT2D eigenvalue weighted by atomic mass is 10.2. The van der Waals surface area contributed by atoms with Gasteiger partial charge in [0.25, 0.3) is 0 Å². The van der Waals surface area contributed by atoms with Crippen LogP contribution in [-0.2, 0) is 6.54 Å². The topological polar surface area (TPSA) is 30.5 Å². The van der Waals surface area contributed by atoms with Crippen molar-refractivity contribution in [2.75, 3.05) is 18.5 Å². The maximum Gasteiger partial charge on any atom is 0.163 e. The van der Waals surface area contributed by atoms with Gasteiger partial charge in [-0.15, -0.1) is 0 Å². The first-order valence-corrected chi connectivity index (χ1v) is 7.77. The van der Waals surface area contributed by atoms with Crippen LogP contribution in [0.15, 0.2) is 42.5 Å². The highest BCUT2D eigenvalue weighted by Gasteiger charge is 2.10. The van der Waals surface area contributed by atoms with Crippen molar-refractivity contribution < 1.29 is 9.47 Å². The van der Waals surface area contributed by atoms with Crippen LogP contribution in [-0.4, -0.2) is 13.2 Å². The van der Waals surface area contributed by atoms with Crippen LogP contribution in [0, 0.1) is 3.57 Å². The predicted octanol–water partition coefficient (Wildman–Crippen LogP) is 4.06. The quantitative estimate of drug-likeness (QED) is 0.814. The normalized spacial score (nSPS) is 13.7. The fourth-order valence-electron chi connectivity index (χ4n) is 2.08. The van der Waals surface area contributed by atoms with Gasteiger partial charge in [-0.1, -0.05) is 12.1 Å². The van der Waals surface area contributed by atoms with Crippen LogP contribution in [0.2, 0.25) is 0 Å². The molecule has 2 aromatic rings. The summed E-state index contributed by atoms with van der Waals surface area (Å²) in [5.74, 6) is 1.66. The molecule has 1 heterocycles. The SMILES string of the molecule is Ic1ccc(CNc2ccc3c(c2)OCCCO3)cc1. The standard InChI is InChI=1S/C16H16INO2/c17-13-4-2-12(3-5-13)11-18-14-6-7-15-16(10-14)20-9-1-8-19-15/h2-7,10,18H,1,8-9,11H2. The molecule has 3 nitrogen and oxygen atoms in total. The monoisotopic (exact) mass is 381 g/mol. The minimum Gasteiger partial charge on any atom is -0.490 e. The lowest BCUT2D eigenvalue weighted by Crippen LogP contribution is -2.00. The van der Waals surface area contributed by atoms with Crippen molar-refractivity contribution in [3.05, 3.63) is 51.6 Å². The average molecular weight is 381 g/mol. The third-order valence-electron chi connectivity index (χ3n) is 3.16. The summed E-state index contributed by atoms with van der Waals surface area (Å²) in [6, 6.07) is 14.5. The molecule has 0 spiro atoms. The minimum atomic E-state index is 0.716. The Kier molecular flexibility index (Phi) is 4.30. The molecule has 0 bridgehead atoms. The van der Waals surface area contributed by atoms with Gasteiger partial charge in [-0.3, -0.25) is 0 Å². The molecular formula is C16H16INO2. The van der Waals surface area contributed by atoms with Crippen molar-refractivity contribution in [3.63, 3.8) is 0 Å². The number of halogens is 1. The van der Waals surface area contributed by atoms with E-state index in [9.17, 15) is 0 Å². The molecule has 2 aromatic carbocycles. The zero-order chi connectivity index (χ0) is 13.8. The minimum absolute atomic E-state index is 0.716. The zero-order valence-electron chi connectivity index (χ0n) is 11.1. The van der Waals surface area contributed by atoms with Gasteiger partial charge in [0, 0.05) is 28.3 Å². The van der Waals surface area contributed by atoms with Crippen LogP contribution in [0.3, 0.4) is 0 Å². The highest BCUT2D eigenvalue weighted by Crippen LogP contribution is 2.32. The Morgan fingerprint density at radius 3 is 2.50 bits per heavy atom. The lowest BCUT2D eigenvalue weighted by Gasteiger charge is -2.11. The molecule has 0 fully saturated rings. The molecular weight excluding hydrogens is 365 g/mol. The molecule has 104 valence electrons. The zero-order valence-corrected chi connectivity index (χ0v) is 13.2. The van der Waals surface area contributed by atoms with Gasteiger partial charge >= 0.3 is 0 Å². The van der Waals surface area contributed by atoms with E-state index in [4.69, 9.17) is 9.47 Å². The van der Waals surface area contributed by atoms with Crippen molar-refractivity contribution >= 4 is 28.3 Å². The first-order valence-electron chi connectivity index (χ1n) is 6.69. The summed E-state index contributed by atoms with van der Waals surface area (Å²) in [4.78, 5) is 0. The molecule has 1 N–H and O–H groups in total. The molecule has 4 heteroatoms. The predicted molar refractivity (Wildman–Crippen MR) is 88.5 cm³/mol. The van der Waals surface area contributed by atoms with E-state index >= 15 is 0 Å². The summed E-state index contributed by atoms with van der Waals surface area (Å²) in [5.41, 5.74) is 2.31. The molecule has 0 saturated heterocycles. The second kappa shape index (κ2) is 6.35. The summed E-state index contributed by atoms with van der Waals surface area (Å²) in [6.07, 6.45) is 0.931. The Morgan fingerprint density at radius 2 is 1.70 bits per heavy atom. The molecule has 0 unspecified atom stereocenters. The van der Waals surface area contributed by atoms with Crippen molar-refractivity contribution in [2.45, 2.75) is 13.0 Å². The maximum absolute atomic E-state index is 5.69. The van der Waals surface area contributed by atoms with Crippen molar-refractivity contribution in [1.29, 1.82) is 0 Å². The van der Waals surface area contributed by atoms with Gasteiger partial charge < -0.3 is 14.8 Å². The fraction of sp³-hybridized carbons (Fsp3) is 0.250. The van der Waals surface area contributed by atoms with E-state index < -0.39 is 0 Å². The van der Waals surface area contributed by atoms with Crippen LogP contribution in [0.1, 0.15) is 12.0 Å². The summed E-state index contributed by atoms with van der Waals surface area (Å²) in [5, 5.41) is 3.41. The highest BCUT2D eigenvalue weighted by molar-refractivity contribution is 14.1. The van der Waals surface area contributed by atoms with E-state index in [2.05, 4.69) is 52.2 Å². The first-order chi connectivity index (χ1) is 9.81. The maximum atomic E-state index is 5.69. The largest absolute Gasteiger partial charge is 0.490 e. The summed E-state index contributed by atoms with van der Waals surface area (Å²) in [6.45, 7) is 2.24. The van der Waals surface area contributed by atoms with Gasteiger partial charge in [-0.2, -0.15) is 0 Å². The third-order valence-corrected chi connectivity index (χ3v) is 3.88. The number of nitrogens with one attached hydrogen (secondary N) is 1. The first kappa shape index (κ1) is 13.5. The summed E-state index contributed by atoms with van der Waals surface area (Å²) < 4.78 is 12.6. The van der Waals surface area contributed by atoms with Crippen LogP contribution in [0.4, 0.5) is 5.69 Å². The molecule has 0 atom stereocenters. The molecule has 0 aromatic heterocycles. The number of hydrogen-bond donors (Lipinski definition) is 1. The number of benzene rings is 2. The van der Waals surface area contributed by atoms with E-state index in [-0.39, 0.29) is 0 Å². The number of fused-ring (bicyclic) bond motifs is 1. The number of rotatable bonds is 3. The Morgan fingerprint density at radius 1 is 0.950 bits per heavy atom. The average Bonchev–Trinajstić information content (AvgIpc) is 2.71. The Hall–Kier alpha value is -1.43. The van der Waals surface area contributed by atoms with Crippen LogP contribution < -0.4 is 14.8 Å². The lowest BCUT2D eigenvalue weighted by molar-refractivity contribution is 0.297. The van der Waals surface area contributed by atoms with E-state index in [1.807, 2.05) is 18.2 Å². The second-order valence-electron chi connectivity index (χ2n) is 4.69. The molecule has 0 amide bonds. The molecule has 3 rings (SSSR count). The molecule has 1 aliphatic heterocycles. The Balaban J connectivity index is 1.68. The van der Waals surface area contributed by atoms with E-state index in [1.165, 1.54) is 9.13 Å². The number of hydrogen-bond acceptors (Lipinski definition) is 3. The van der Waals surface area contributed by atoms with Crippen LogP contribution in [0.25, 0.3) is 0 Å². The molecule has 0 saturated carbocycles. The Bertz CT molecular complexity index is 584. The number of ether oxygens (including phenoxy) is 2. The second-order valence-corrected chi connectivity index (χ2v) is 5.94. The smallest absolute Gasteiger partial charge is 0.163 e. The van der Waals surface area contributed by atoms with E-state index in [0.717, 1.165) is 36.8 Å². The van der Waals surface area contributed by atoms with E-state index in [0.29, 0.717) is 6.61 Å². The van der Waals surface area contributed by atoms with Gasteiger partial charge in [-0.05, 0) is 52.4 Å². The molecule has 0 aliphatic carbocycles. The molecule has 1 aliphatic rings. The number of anilines is 1. The van der Waals surface area contributed by atoms with Gasteiger partial charge in [0.1, 0.15) is 0 Å². The third kappa shape index (κ3) is 3.36. The van der Waals surface area contributed by atoms with E-state index in [1.54, 1.807) is 0 Å². The van der Waals surface area contributed by atoms with Crippen molar-refractivity contribution in [2.24, 2.45) is 0 Å². The van der Waals surface area contributed by atoms with Gasteiger partial charge in [0.05, 0.1) is 13.2 Å². The highest BCUT2D eigenvalue weighted by atomic mass is 127. The summed E-state index contributed by atoms with van der Waals surface area (Å²) >= 11 is 2.31. The van der Waals surface area contributed by atoms with Crippen molar-refractivity contribution in [3.8, 4) is 11.5 Å².